The van der Waals surface area contributed by atoms with Gasteiger partial charge in [0.25, 0.3) is 0 Å². The minimum Gasteiger partial charge on any atom is -0.456 e. The predicted molar refractivity (Wildman–Crippen MR) is 220 cm³/mol. The largest absolute Gasteiger partial charge is 0.456 e. The number of nitrogens with zero attached hydrogens (tertiary/aromatic N) is 1. The Labute approximate surface area is 302 Å². The van der Waals surface area contributed by atoms with Crippen molar-refractivity contribution in [1.82, 2.24) is 0 Å². The van der Waals surface area contributed by atoms with Gasteiger partial charge in [-0.3, -0.25) is 0 Å². The molecule has 0 spiro atoms. The summed E-state index contributed by atoms with van der Waals surface area (Å²) in [7, 11) is 0. The van der Waals surface area contributed by atoms with Gasteiger partial charge in [-0.2, -0.15) is 0 Å². The molecule has 52 heavy (non-hydrogen) atoms. The highest BCUT2D eigenvalue weighted by Gasteiger charge is 2.22. The van der Waals surface area contributed by atoms with Crippen LogP contribution < -0.4 is 4.90 Å². The Balaban J connectivity index is 1.18. The van der Waals surface area contributed by atoms with Gasteiger partial charge in [0.1, 0.15) is 11.2 Å². The van der Waals surface area contributed by atoms with E-state index in [0.717, 1.165) is 61.3 Å². The Kier molecular flexibility index (Phi) is 7.18. The summed E-state index contributed by atoms with van der Waals surface area (Å²) in [5.74, 6) is 0. The highest BCUT2D eigenvalue weighted by molar-refractivity contribution is 6.11. The van der Waals surface area contributed by atoms with E-state index in [2.05, 4.69) is 205 Å². The molecule has 0 saturated carbocycles. The highest BCUT2D eigenvalue weighted by atomic mass is 16.3. The van der Waals surface area contributed by atoms with Crippen LogP contribution in [0.15, 0.2) is 205 Å². The zero-order valence-corrected chi connectivity index (χ0v) is 28.4. The monoisotopic (exact) mass is 663 g/mol. The van der Waals surface area contributed by atoms with E-state index < -0.39 is 0 Å². The van der Waals surface area contributed by atoms with Crippen LogP contribution in [0.1, 0.15) is 0 Å². The van der Waals surface area contributed by atoms with Crippen molar-refractivity contribution in [1.29, 1.82) is 0 Å². The molecule has 1 heterocycles. The van der Waals surface area contributed by atoms with Gasteiger partial charge < -0.3 is 9.32 Å². The number of furan rings is 1. The molecule has 0 aliphatic rings. The van der Waals surface area contributed by atoms with Crippen LogP contribution in [-0.4, -0.2) is 0 Å². The number of hydrogen-bond acceptors (Lipinski definition) is 2. The van der Waals surface area contributed by atoms with Gasteiger partial charge in [0.05, 0.1) is 17.1 Å². The topological polar surface area (TPSA) is 16.4 Å². The van der Waals surface area contributed by atoms with Gasteiger partial charge in [-0.05, 0) is 80.9 Å². The number of hydrogen-bond donors (Lipinski definition) is 0. The van der Waals surface area contributed by atoms with Gasteiger partial charge in [-0.25, -0.2) is 0 Å². The van der Waals surface area contributed by atoms with Gasteiger partial charge in [0, 0.05) is 27.3 Å². The van der Waals surface area contributed by atoms with Crippen LogP contribution in [0.25, 0.3) is 76.9 Å². The molecule has 2 heteroatoms. The summed E-state index contributed by atoms with van der Waals surface area (Å²) in [6.45, 7) is 0. The van der Waals surface area contributed by atoms with Gasteiger partial charge >= 0.3 is 0 Å². The van der Waals surface area contributed by atoms with E-state index in [-0.39, 0.29) is 0 Å². The van der Waals surface area contributed by atoms with Crippen LogP contribution in [0.4, 0.5) is 17.1 Å². The zero-order valence-electron chi connectivity index (χ0n) is 28.4. The molecule has 0 atom stereocenters. The molecule has 0 radical (unpaired) electrons. The fraction of sp³-hybridized carbons (Fsp3) is 0. The van der Waals surface area contributed by atoms with Crippen LogP contribution >= 0.6 is 0 Å². The minimum atomic E-state index is 0.891. The molecule has 0 saturated heterocycles. The van der Waals surface area contributed by atoms with Crippen molar-refractivity contribution in [2.45, 2.75) is 0 Å². The molecule has 0 fully saturated rings. The summed E-state index contributed by atoms with van der Waals surface area (Å²) in [5, 5.41) is 7.02. The van der Waals surface area contributed by atoms with Crippen molar-refractivity contribution in [2.24, 2.45) is 0 Å². The molecule has 0 aliphatic carbocycles. The number of fused-ring (bicyclic) bond motifs is 5. The maximum absolute atomic E-state index is 6.41. The van der Waals surface area contributed by atoms with Crippen molar-refractivity contribution in [3.8, 4) is 33.4 Å². The summed E-state index contributed by atoms with van der Waals surface area (Å²) in [5.41, 5.74) is 12.1. The molecule has 2 nitrogen and oxygen atoms in total. The van der Waals surface area contributed by atoms with Crippen LogP contribution in [0.3, 0.4) is 0 Å². The average Bonchev–Trinajstić information content (AvgIpc) is 3.57. The third-order valence-electron chi connectivity index (χ3n) is 10.2. The average molecular weight is 664 g/mol. The van der Waals surface area contributed by atoms with Crippen molar-refractivity contribution in [3.05, 3.63) is 200 Å². The molecular formula is C50H33NO. The lowest BCUT2D eigenvalue weighted by molar-refractivity contribution is 0.669. The molecular weight excluding hydrogens is 631 g/mol. The fourth-order valence-electron chi connectivity index (χ4n) is 7.72. The number of benzene rings is 9. The third-order valence-corrected chi connectivity index (χ3v) is 10.2. The molecule has 0 N–H and O–H groups in total. The van der Waals surface area contributed by atoms with Crippen LogP contribution in [0.5, 0.6) is 0 Å². The van der Waals surface area contributed by atoms with E-state index in [0.29, 0.717) is 0 Å². The SMILES string of the molecule is c1ccc(-c2ccc(-c3ccccc3N(c3ccccc3-c3ccc4oc5cc6ccccc6cc5c4c3)c3cccc4ccccc34)cc2)cc1. The highest BCUT2D eigenvalue weighted by Crippen LogP contribution is 2.47. The maximum atomic E-state index is 6.41. The summed E-state index contributed by atoms with van der Waals surface area (Å²) < 4.78 is 6.41. The fourth-order valence-corrected chi connectivity index (χ4v) is 7.72. The van der Waals surface area contributed by atoms with Crippen molar-refractivity contribution in [2.75, 3.05) is 4.90 Å². The van der Waals surface area contributed by atoms with E-state index in [4.69, 9.17) is 4.42 Å². The second-order valence-corrected chi connectivity index (χ2v) is 13.3. The lowest BCUT2D eigenvalue weighted by Gasteiger charge is -2.31. The van der Waals surface area contributed by atoms with E-state index in [1.807, 2.05) is 0 Å². The summed E-state index contributed by atoms with van der Waals surface area (Å²) in [6.07, 6.45) is 0. The first-order valence-corrected chi connectivity index (χ1v) is 17.8. The molecule has 0 amide bonds. The minimum absolute atomic E-state index is 0.891. The first-order valence-electron chi connectivity index (χ1n) is 17.8. The molecule has 0 unspecified atom stereocenters. The Morgan fingerprint density at radius 2 is 0.808 bits per heavy atom. The Morgan fingerprint density at radius 3 is 1.58 bits per heavy atom. The van der Waals surface area contributed by atoms with Gasteiger partial charge in [0.2, 0.25) is 0 Å². The van der Waals surface area contributed by atoms with E-state index in [9.17, 15) is 0 Å². The maximum Gasteiger partial charge on any atom is 0.136 e. The summed E-state index contributed by atoms with van der Waals surface area (Å²) in [4.78, 5) is 2.45. The molecule has 10 aromatic rings. The van der Waals surface area contributed by atoms with E-state index in [1.165, 1.54) is 32.7 Å². The van der Waals surface area contributed by atoms with Gasteiger partial charge in [-0.1, -0.05) is 158 Å². The number of anilines is 3. The van der Waals surface area contributed by atoms with Crippen LogP contribution in [0, 0.1) is 0 Å². The quantitative estimate of drug-likeness (QED) is 0.176. The molecule has 1 aromatic heterocycles. The molecule has 9 aromatic carbocycles. The third kappa shape index (κ3) is 5.12. The van der Waals surface area contributed by atoms with Crippen LogP contribution in [-0.2, 0) is 0 Å². The normalized spacial score (nSPS) is 11.5. The second-order valence-electron chi connectivity index (χ2n) is 13.3. The standard InChI is InChI=1S/C50H33NO/c1-2-13-34(14-3-1)35-25-27-37(28-26-35)42-20-8-10-22-46(42)51(48-24-12-18-36-15-6-7-19-41(36)48)47-23-11-9-21-43(47)40-29-30-49-44(32-40)45-31-38-16-4-5-17-39(38)33-50(45)52-49/h1-33H. The van der Waals surface area contributed by atoms with Crippen molar-refractivity contribution >= 4 is 60.5 Å². The lowest BCUT2D eigenvalue weighted by atomic mass is 9.96. The first kappa shape index (κ1) is 30.0. The molecule has 0 aliphatic heterocycles. The summed E-state index contributed by atoms with van der Waals surface area (Å²) >= 11 is 0. The summed E-state index contributed by atoms with van der Waals surface area (Å²) in [6, 6.07) is 71.8. The first-order chi connectivity index (χ1) is 25.8. The Hall–Kier alpha value is -6.90. The number of para-hydroxylation sites is 2. The van der Waals surface area contributed by atoms with Gasteiger partial charge in [-0.15, -0.1) is 0 Å². The van der Waals surface area contributed by atoms with E-state index >= 15 is 0 Å². The lowest BCUT2D eigenvalue weighted by Crippen LogP contribution is -2.13. The van der Waals surface area contributed by atoms with E-state index in [1.54, 1.807) is 0 Å². The Bertz CT molecular complexity index is 2900. The number of rotatable bonds is 6. The van der Waals surface area contributed by atoms with Gasteiger partial charge in [0.15, 0.2) is 0 Å². The zero-order chi connectivity index (χ0) is 34.4. The Morgan fingerprint density at radius 1 is 0.288 bits per heavy atom. The molecule has 244 valence electrons. The molecule has 10 rings (SSSR count). The van der Waals surface area contributed by atoms with Crippen LogP contribution in [0.2, 0.25) is 0 Å². The van der Waals surface area contributed by atoms with Crippen molar-refractivity contribution < 1.29 is 4.42 Å². The smallest absolute Gasteiger partial charge is 0.136 e. The second kappa shape index (κ2) is 12.5. The predicted octanol–water partition coefficient (Wildman–Crippen LogP) is 14.4. The van der Waals surface area contributed by atoms with Crippen molar-refractivity contribution in [3.63, 3.8) is 0 Å². The molecule has 0 bridgehead atoms.